The first-order valence-electron chi connectivity index (χ1n) is 8.01. The summed E-state index contributed by atoms with van der Waals surface area (Å²) in [5.74, 6) is 1.85. The molecule has 2 rings (SSSR count). The predicted octanol–water partition coefficient (Wildman–Crippen LogP) is 3.51. The van der Waals surface area contributed by atoms with Gasteiger partial charge in [0.2, 0.25) is 0 Å². The van der Waals surface area contributed by atoms with E-state index in [4.69, 9.17) is 5.73 Å². The summed E-state index contributed by atoms with van der Waals surface area (Å²) in [6.07, 6.45) is 5.22. The van der Waals surface area contributed by atoms with Crippen LogP contribution in [-0.4, -0.2) is 30.6 Å². The van der Waals surface area contributed by atoms with Gasteiger partial charge in [0.05, 0.1) is 0 Å². The van der Waals surface area contributed by atoms with E-state index in [-0.39, 0.29) is 5.54 Å². The first-order chi connectivity index (χ1) is 8.59. The highest BCUT2D eigenvalue weighted by Gasteiger charge is 2.49. The Labute approximate surface area is 120 Å². The van der Waals surface area contributed by atoms with Crippen LogP contribution in [0.25, 0.3) is 0 Å². The zero-order valence-corrected chi connectivity index (χ0v) is 13.9. The highest BCUT2D eigenvalue weighted by molar-refractivity contribution is 5.04. The second-order valence-electron chi connectivity index (χ2n) is 9.14. The van der Waals surface area contributed by atoms with Gasteiger partial charge in [-0.05, 0) is 55.4 Å². The fourth-order valence-corrected chi connectivity index (χ4v) is 5.03. The Hall–Kier alpha value is -0.0800. The molecule has 2 N–H and O–H groups in total. The van der Waals surface area contributed by atoms with Crippen molar-refractivity contribution in [2.45, 2.75) is 65.8 Å². The van der Waals surface area contributed by atoms with Gasteiger partial charge in [0, 0.05) is 18.6 Å². The molecule has 2 unspecified atom stereocenters. The lowest BCUT2D eigenvalue weighted by atomic mass is 9.58. The van der Waals surface area contributed by atoms with Crippen LogP contribution in [-0.2, 0) is 0 Å². The molecule has 19 heavy (non-hydrogen) atoms. The average Bonchev–Trinajstić information content (AvgIpc) is 2.89. The second-order valence-corrected chi connectivity index (χ2v) is 9.14. The maximum Gasteiger partial charge on any atom is 0.0338 e. The van der Waals surface area contributed by atoms with E-state index in [2.05, 4.69) is 46.6 Å². The molecule has 0 amide bonds. The Morgan fingerprint density at radius 1 is 1.05 bits per heavy atom. The molecule has 0 aromatic heterocycles. The number of likely N-dealkylation sites (N-methyl/N-ethyl adjacent to an activating group) is 1. The third kappa shape index (κ3) is 3.33. The monoisotopic (exact) mass is 266 g/mol. The molecule has 2 aliphatic rings. The fraction of sp³-hybridized carbons (Fsp3) is 1.00. The van der Waals surface area contributed by atoms with Gasteiger partial charge in [-0.15, -0.1) is 0 Å². The van der Waals surface area contributed by atoms with Gasteiger partial charge in [-0.1, -0.05) is 34.6 Å². The molecular weight excluding hydrogens is 232 g/mol. The van der Waals surface area contributed by atoms with Crippen molar-refractivity contribution in [1.82, 2.24) is 4.90 Å². The van der Waals surface area contributed by atoms with Gasteiger partial charge in [0.15, 0.2) is 0 Å². The summed E-state index contributed by atoms with van der Waals surface area (Å²) in [7, 11) is 2.31. The largest absolute Gasteiger partial charge is 0.329 e. The SMILES string of the molecule is CC1CC1CN(C)C1(CN)CC(C)(C)CC(C)(C)C1. The molecule has 0 heterocycles. The maximum absolute atomic E-state index is 6.27. The molecule has 0 saturated heterocycles. The summed E-state index contributed by atoms with van der Waals surface area (Å²) in [6.45, 7) is 14.1. The molecule has 2 heteroatoms. The fourth-order valence-electron chi connectivity index (χ4n) is 5.03. The molecule has 112 valence electrons. The van der Waals surface area contributed by atoms with Gasteiger partial charge in [0.1, 0.15) is 0 Å². The van der Waals surface area contributed by atoms with E-state index in [0.29, 0.717) is 10.8 Å². The van der Waals surface area contributed by atoms with E-state index in [1.54, 1.807) is 0 Å². The number of hydrogen-bond acceptors (Lipinski definition) is 2. The highest BCUT2D eigenvalue weighted by Crippen LogP contribution is 2.52. The van der Waals surface area contributed by atoms with Crippen molar-refractivity contribution in [3.05, 3.63) is 0 Å². The minimum absolute atomic E-state index is 0.216. The Kier molecular flexibility index (Phi) is 3.81. The van der Waals surface area contributed by atoms with E-state index in [1.165, 1.54) is 32.2 Å². The lowest BCUT2D eigenvalue weighted by Crippen LogP contribution is -2.60. The van der Waals surface area contributed by atoms with Gasteiger partial charge in [-0.2, -0.15) is 0 Å². The Morgan fingerprint density at radius 3 is 1.89 bits per heavy atom. The lowest BCUT2D eigenvalue weighted by Gasteiger charge is -2.55. The van der Waals surface area contributed by atoms with Crippen LogP contribution in [0.15, 0.2) is 0 Å². The molecular formula is C17H34N2. The van der Waals surface area contributed by atoms with Crippen LogP contribution in [0.2, 0.25) is 0 Å². The highest BCUT2D eigenvalue weighted by atomic mass is 15.2. The third-order valence-electron chi connectivity index (χ3n) is 5.55. The standard InChI is InChI=1S/C17H34N2/c1-13-7-14(13)8-19(6)17(12-18)10-15(2,3)9-16(4,5)11-17/h13-14H,7-12,18H2,1-6H3. The zero-order valence-electron chi connectivity index (χ0n) is 13.9. The molecule has 2 aliphatic carbocycles. The molecule has 2 atom stereocenters. The van der Waals surface area contributed by atoms with Crippen LogP contribution in [0, 0.1) is 22.7 Å². The molecule has 0 aromatic carbocycles. The predicted molar refractivity (Wildman–Crippen MR) is 83.1 cm³/mol. The van der Waals surface area contributed by atoms with Gasteiger partial charge in [0.25, 0.3) is 0 Å². The van der Waals surface area contributed by atoms with E-state index in [1.807, 2.05) is 0 Å². The Bertz CT molecular complexity index is 316. The summed E-state index contributed by atoms with van der Waals surface area (Å²) in [4.78, 5) is 2.61. The first kappa shape index (κ1) is 15.3. The number of hydrogen-bond donors (Lipinski definition) is 1. The topological polar surface area (TPSA) is 29.3 Å². The van der Waals surface area contributed by atoms with Crippen LogP contribution in [0.3, 0.4) is 0 Å². The molecule has 2 saturated carbocycles. The van der Waals surface area contributed by atoms with Gasteiger partial charge in [-0.25, -0.2) is 0 Å². The first-order valence-corrected chi connectivity index (χ1v) is 8.01. The van der Waals surface area contributed by atoms with Crippen LogP contribution >= 0.6 is 0 Å². The van der Waals surface area contributed by atoms with Gasteiger partial charge in [-0.3, -0.25) is 4.90 Å². The summed E-state index contributed by atoms with van der Waals surface area (Å²) >= 11 is 0. The molecule has 0 spiro atoms. The van der Waals surface area contributed by atoms with Crippen LogP contribution < -0.4 is 5.73 Å². The summed E-state index contributed by atoms with van der Waals surface area (Å²) in [5, 5.41) is 0. The van der Waals surface area contributed by atoms with Crippen molar-refractivity contribution in [1.29, 1.82) is 0 Å². The van der Waals surface area contributed by atoms with Crippen molar-refractivity contribution in [3.63, 3.8) is 0 Å². The van der Waals surface area contributed by atoms with Crippen molar-refractivity contribution in [2.75, 3.05) is 20.1 Å². The van der Waals surface area contributed by atoms with Crippen LogP contribution in [0.1, 0.15) is 60.3 Å². The van der Waals surface area contributed by atoms with Crippen molar-refractivity contribution in [3.8, 4) is 0 Å². The molecule has 0 radical (unpaired) electrons. The number of nitrogens with zero attached hydrogens (tertiary/aromatic N) is 1. The molecule has 2 nitrogen and oxygen atoms in total. The minimum Gasteiger partial charge on any atom is -0.329 e. The molecule has 0 bridgehead atoms. The molecule has 0 aromatic rings. The smallest absolute Gasteiger partial charge is 0.0338 e. The van der Waals surface area contributed by atoms with Crippen LogP contribution in [0.4, 0.5) is 0 Å². The van der Waals surface area contributed by atoms with E-state index >= 15 is 0 Å². The van der Waals surface area contributed by atoms with Crippen molar-refractivity contribution >= 4 is 0 Å². The normalized spacial score (nSPS) is 35.4. The second kappa shape index (κ2) is 4.73. The van der Waals surface area contributed by atoms with E-state index in [0.717, 1.165) is 18.4 Å². The van der Waals surface area contributed by atoms with Gasteiger partial charge < -0.3 is 5.73 Å². The third-order valence-corrected chi connectivity index (χ3v) is 5.55. The number of nitrogens with two attached hydrogens (primary N) is 1. The molecule has 2 fully saturated rings. The minimum atomic E-state index is 0.216. The zero-order chi connectivity index (χ0) is 14.5. The quantitative estimate of drug-likeness (QED) is 0.844. The van der Waals surface area contributed by atoms with E-state index in [9.17, 15) is 0 Å². The lowest BCUT2D eigenvalue weighted by molar-refractivity contribution is -0.0341. The Morgan fingerprint density at radius 2 is 1.53 bits per heavy atom. The Balaban J connectivity index is 2.15. The molecule has 0 aliphatic heterocycles. The maximum atomic E-state index is 6.27. The average molecular weight is 266 g/mol. The van der Waals surface area contributed by atoms with Crippen molar-refractivity contribution in [2.24, 2.45) is 28.4 Å². The summed E-state index contributed by atoms with van der Waals surface area (Å²) in [5.41, 5.74) is 7.30. The van der Waals surface area contributed by atoms with Crippen molar-refractivity contribution < 1.29 is 0 Å². The summed E-state index contributed by atoms with van der Waals surface area (Å²) < 4.78 is 0. The van der Waals surface area contributed by atoms with E-state index < -0.39 is 0 Å². The van der Waals surface area contributed by atoms with Gasteiger partial charge >= 0.3 is 0 Å². The number of rotatable bonds is 4. The van der Waals surface area contributed by atoms with Crippen LogP contribution in [0.5, 0.6) is 0 Å². The summed E-state index contributed by atoms with van der Waals surface area (Å²) in [6, 6.07) is 0.